The van der Waals surface area contributed by atoms with E-state index in [1.54, 1.807) is 12.1 Å². The van der Waals surface area contributed by atoms with Gasteiger partial charge >= 0.3 is 5.97 Å². The van der Waals surface area contributed by atoms with Crippen molar-refractivity contribution in [1.29, 1.82) is 0 Å². The largest absolute Gasteiger partial charge is 0.478 e. The molecule has 1 N–H and O–H groups in total. The molecule has 2 nitrogen and oxygen atoms in total. The lowest BCUT2D eigenvalue weighted by Gasteiger charge is -2.42. The molecule has 0 atom stereocenters. The zero-order chi connectivity index (χ0) is 21.9. The Labute approximate surface area is 185 Å². The van der Waals surface area contributed by atoms with Crippen molar-refractivity contribution in [2.24, 2.45) is 0 Å². The Hall–Kier alpha value is -2.00. The third kappa shape index (κ3) is 5.00. The zero-order valence-corrected chi connectivity index (χ0v) is 19.7. The summed E-state index contributed by atoms with van der Waals surface area (Å²) in [7, 11) is 0. The van der Waals surface area contributed by atoms with E-state index in [9.17, 15) is 4.79 Å². The van der Waals surface area contributed by atoms with Gasteiger partial charge in [0, 0.05) is 5.75 Å². The topological polar surface area (TPSA) is 37.3 Å². The number of hydrogen-bond acceptors (Lipinski definition) is 2. The van der Waals surface area contributed by atoms with Crippen molar-refractivity contribution in [2.75, 3.05) is 5.75 Å². The number of hydrogen-bond donors (Lipinski definition) is 1. The van der Waals surface area contributed by atoms with Crippen LogP contribution in [-0.4, -0.2) is 16.8 Å². The van der Waals surface area contributed by atoms with E-state index in [-0.39, 0.29) is 10.8 Å². The standard InChI is InChI=1S/C27H34O2S/c1-6-15-30-18-22-17-24-23(26(2,3)13-14-27(24,4)5)16-21(22)12-9-19-7-10-20(11-8-19)25(28)29/h7-12,16-17H,6,13-15,18H2,1-5H3,(H,28,29)/b12-9+. The van der Waals surface area contributed by atoms with Gasteiger partial charge in [0.05, 0.1) is 5.56 Å². The normalized spacial score (nSPS) is 17.1. The first-order chi connectivity index (χ1) is 14.1. The number of carboxylic acid groups (broad SMARTS) is 1. The monoisotopic (exact) mass is 422 g/mol. The van der Waals surface area contributed by atoms with E-state index in [1.165, 1.54) is 47.3 Å². The maximum Gasteiger partial charge on any atom is 0.335 e. The van der Waals surface area contributed by atoms with Crippen LogP contribution in [0.1, 0.15) is 92.1 Å². The second kappa shape index (κ2) is 9.01. The molecule has 0 heterocycles. The molecule has 160 valence electrons. The van der Waals surface area contributed by atoms with Gasteiger partial charge < -0.3 is 5.11 Å². The van der Waals surface area contributed by atoms with E-state index >= 15 is 0 Å². The van der Waals surface area contributed by atoms with Crippen molar-refractivity contribution >= 4 is 29.9 Å². The Morgan fingerprint density at radius 3 is 2.17 bits per heavy atom. The van der Waals surface area contributed by atoms with Gasteiger partial charge in [-0.1, -0.05) is 71.0 Å². The second-order valence-corrected chi connectivity index (χ2v) is 10.8. The number of aromatic carboxylic acids is 1. The average Bonchev–Trinajstić information content (AvgIpc) is 2.70. The molecule has 0 fully saturated rings. The van der Waals surface area contributed by atoms with Crippen LogP contribution < -0.4 is 0 Å². The van der Waals surface area contributed by atoms with Crippen LogP contribution in [0.2, 0.25) is 0 Å². The Morgan fingerprint density at radius 2 is 1.60 bits per heavy atom. The van der Waals surface area contributed by atoms with Crippen molar-refractivity contribution in [1.82, 2.24) is 0 Å². The highest BCUT2D eigenvalue weighted by molar-refractivity contribution is 7.98. The number of benzene rings is 2. The first-order valence-corrected chi connectivity index (χ1v) is 12.1. The molecule has 0 saturated heterocycles. The summed E-state index contributed by atoms with van der Waals surface area (Å²) in [4.78, 5) is 11.1. The van der Waals surface area contributed by atoms with Crippen molar-refractivity contribution in [2.45, 2.75) is 70.5 Å². The molecule has 3 heteroatoms. The van der Waals surface area contributed by atoms with Crippen LogP contribution in [0.3, 0.4) is 0 Å². The summed E-state index contributed by atoms with van der Waals surface area (Å²) in [5, 5.41) is 9.11. The van der Waals surface area contributed by atoms with E-state index in [0.717, 1.165) is 11.3 Å². The highest BCUT2D eigenvalue weighted by atomic mass is 32.2. The van der Waals surface area contributed by atoms with Crippen LogP contribution in [-0.2, 0) is 16.6 Å². The average molecular weight is 423 g/mol. The third-order valence-corrected chi connectivity index (χ3v) is 7.54. The first kappa shape index (κ1) is 22.7. The second-order valence-electron chi connectivity index (χ2n) is 9.68. The summed E-state index contributed by atoms with van der Waals surface area (Å²) in [6, 6.07) is 12.0. The van der Waals surface area contributed by atoms with Gasteiger partial charge in [-0.3, -0.25) is 0 Å². The van der Waals surface area contributed by atoms with Gasteiger partial charge in [-0.15, -0.1) is 0 Å². The Balaban J connectivity index is 2.01. The Morgan fingerprint density at radius 1 is 1.00 bits per heavy atom. The van der Waals surface area contributed by atoms with E-state index < -0.39 is 5.97 Å². The predicted molar refractivity (Wildman–Crippen MR) is 131 cm³/mol. The van der Waals surface area contributed by atoms with Gasteiger partial charge in [-0.25, -0.2) is 4.79 Å². The molecule has 0 spiro atoms. The molecule has 0 radical (unpaired) electrons. The lowest BCUT2D eigenvalue weighted by molar-refractivity contribution is 0.0697. The molecule has 1 aliphatic rings. The van der Waals surface area contributed by atoms with Gasteiger partial charge in [-0.05, 0) is 75.8 Å². The lowest BCUT2D eigenvalue weighted by Crippen LogP contribution is -2.34. The fourth-order valence-corrected chi connectivity index (χ4v) is 5.11. The van der Waals surface area contributed by atoms with E-state index in [4.69, 9.17) is 5.11 Å². The Bertz CT molecular complexity index is 936. The van der Waals surface area contributed by atoms with E-state index in [2.05, 4.69) is 58.9 Å². The van der Waals surface area contributed by atoms with Gasteiger partial charge in [0.1, 0.15) is 0 Å². The molecule has 2 aromatic carbocycles. The predicted octanol–water partition coefficient (Wildman–Crippen LogP) is 7.55. The van der Waals surface area contributed by atoms with Gasteiger partial charge in [-0.2, -0.15) is 11.8 Å². The zero-order valence-electron chi connectivity index (χ0n) is 18.9. The van der Waals surface area contributed by atoms with Gasteiger partial charge in [0.2, 0.25) is 0 Å². The fraction of sp³-hybridized carbons (Fsp3) is 0.444. The van der Waals surface area contributed by atoms with E-state index in [0.29, 0.717) is 5.56 Å². The number of rotatable bonds is 7. The van der Waals surface area contributed by atoms with Crippen LogP contribution in [0.25, 0.3) is 12.2 Å². The molecule has 0 saturated carbocycles. The van der Waals surface area contributed by atoms with E-state index in [1.807, 2.05) is 23.9 Å². The summed E-state index contributed by atoms with van der Waals surface area (Å²) >= 11 is 2.00. The summed E-state index contributed by atoms with van der Waals surface area (Å²) in [6.07, 6.45) is 7.92. The van der Waals surface area contributed by atoms with Crippen LogP contribution in [0.4, 0.5) is 0 Å². The lowest BCUT2D eigenvalue weighted by atomic mass is 9.62. The molecular weight excluding hydrogens is 388 g/mol. The maximum atomic E-state index is 11.1. The highest BCUT2D eigenvalue weighted by Crippen LogP contribution is 2.47. The quantitative estimate of drug-likeness (QED) is 0.370. The van der Waals surface area contributed by atoms with Crippen LogP contribution in [0, 0.1) is 0 Å². The van der Waals surface area contributed by atoms with Crippen molar-refractivity contribution < 1.29 is 9.90 Å². The molecule has 0 unspecified atom stereocenters. The summed E-state index contributed by atoms with van der Waals surface area (Å²) < 4.78 is 0. The third-order valence-electron chi connectivity index (χ3n) is 6.33. The SMILES string of the molecule is CCCSCc1cc2c(cc1/C=C/c1ccc(C(=O)O)cc1)C(C)(C)CCC2(C)C. The fourth-order valence-electron chi connectivity index (χ4n) is 4.20. The molecule has 1 aliphatic carbocycles. The summed E-state index contributed by atoms with van der Waals surface area (Å²) in [5.41, 5.74) is 7.40. The minimum absolute atomic E-state index is 0.186. The smallest absolute Gasteiger partial charge is 0.335 e. The molecule has 30 heavy (non-hydrogen) atoms. The number of carboxylic acids is 1. The molecule has 0 aromatic heterocycles. The Kier molecular flexibility index (Phi) is 6.81. The molecule has 0 bridgehead atoms. The summed E-state index contributed by atoms with van der Waals surface area (Å²) in [5.74, 6) is 1.31. The van der Waals surface area contributed by atoms with Gasteiger partial charge in [0.15, 0.2) is 0 Å². The number of fused-ring (bicyclic) bond motifs is 1. The highest BCUT2D eigenvalue weighted by Gasteiger charge is 2.37. The molecule has 3 rings (SSSR count). The molecule has 0 aliphatic heterocycles. The van der Waals surface area contributed by atoms with Crippen molar-refractivity contribution in [3.8, 4) is 0 Å². The number of carbonyl (C=O) groups is 1. The molecule has 0 amide bonds. The van der Waals surface area contributed by atoms with Crippen LogP contribution in [0.5, 0.6) is 0 Å². The summed E-state index contributed by atoms with van der Waals surface area (Å²) in [6.45, 7) is 11.7. The first-order valence-electron chi connectivity index (χ1n) is 10.9. The minimum Gasteiger partial charge on any atom is -0.478 e. The van der Waals surface area contributed by atoms with Crippen LogP contribution in [0.15, 0.2) is 36.4 Å². The maximum absolute atomic E-state index is 11.1. The van der Waals surface area contributed by atoms with Crippen LogP contribution >= 0.6 is 11.8 Å². The molecule has 2 aromatic rings. The van der Waals surface area contributed by atoms with Gasteiger partial charge in [0.25, 0.3) is 0 Å². The molecular formula is C27H34O2S. The van der Waals surface area contributed by atoms with Crippen molar-refractivity contribution in [3.05, 3.63) is 69.8 Å². The number of thioether (sulfide) groups is 1. The van der Waals surface area contributed by atoms with Crippen molar-refractivity contribution in [3.63, 3.8) is 0 Å². The minimum atomic E-state index is -0.889.